The number of amides is 1. The molecule has 0 aliphatic carbocycles. The van der Waals surface area contributed by atoms with Gasteiger partial charge in [0.25, 0.3) is 5.91 Å². The molecule has 0 atom stereocenters. The molecular formula is C19H22N2O6S. The smallest absolute Gasteiger partial charge is 0.338 e. The van der Waals surface area contributed by atoms with Gasteiger partial charge in [-0.25, -0.2) is 17.5 Å². The van der Waals surface area contributed by atoms with Crippen LogP contribution in [0.15, 0.2) is 47.4 Å². The van der Waals surface area contributed by atoms with Crippen LogP contribution in [-0.4, -0.2) is 52.4 Å². The maximum atomic E-state index is 12.3. The number of esters is 1. The number of carbonyl (C=O) groups is 2. The van der Waals surface area contributed by atoms with Gasteiger partial charge in [0.1, 0.15) is 5.75 Å². The van der Waals surface area contributed by atoms with Crippen molar-refractivity contribution in [3.05, 3.63) is 53.6 Å². The minimum atomic E-state index is -3.69. The van der Waals surface area contributed by atoms with E-state index in [-0.39, 0.29) is 10.5 Å². The second kappa shape index (κ2) is 8.85. The third-order valence-corrected chi connectivity index (χ3v) is 5.73. The van der Waals surface area contributed by atoms with Crippen LogP contribution < -0.4 is 10.1 Å². The van der Waals surface area contributed by atoms with Gasteiger partial charge < -0.3 is 14.8 Å². The highest BCUT2D eigenvalue weighted by Crippen LogP contribution is 2.19. The highest BCUT2D eigenvalue weighted by molar-refractivity contribution is 7.89. The molecule has 9 heteroatoms. The minimum Gasteiger partial charge on any atom is -0.497 e. The zero-order valence-electron chi connectivity index (χ0n) is 16.1. The third kappa shape index (κ3) is 5.08. The molecule has 8 nitrogen and oxygen atoms in total. The van der Waals surface area contributed by atoms with Crippen molar-refractivity contribution in [3.63, 3.8) is 0 Å². The van der Waals surface area contributed by atoms with Gasteiger partial charge in [-0.05, 0) is 48.9 Å². The van der Waals surface area contributed by atoms with Crippen LogP contribution in [0.2, 0.25) is 0 Å². The van der Waals surface area contributed by atoms with E-state index in [2.05, 4.69) is 5.32 Å². The van der Waals surface area contributed by atoms with Crippen LogP contribution in [0, 0.1) is 6.92 Å². The molecule has 28 heavy (non-hydrogen) atoms. The fourth-order valence-corrected chi connectivity index (χ4v) is 3.20. The summed E-state index contributed by atoms with van der Waals surface area (Å²) in [6.07, 6.45) is 0. The van der Waals surface area contributed by atoms with Crippen molar-refractivity contribution in [1.82, 2.24) is 4.31 Å². The number of benzene rings is 2. The van der Waals surface area contributed by atoms with Crippen molar-refractivity contribution in [1.29, 1.82) is 0 Å². The van der Waals surface area contributed by atoms with Crippen molar-refractivity contribution in [2.75, 3.05) is 33.1 Å². The molecule has 0 aliphatic heterocycles. The van der Waals surface area contributed by atoms with E-state index in [4.69, 9.17) is 9.47 Å². The van der Waals surface area contributed by atoms with E-state index in [0.29, 0.717) is 17.0 Å². The third-order valence-electron chi connectivity index (χ3n) is 3.92. The van der Waals surface area contributed by atoms with Gasteiger partial charge in [0.05, 0.1) is 17.6 Å². The Morgan fingerprint density at radius 2 is 1.71 bits per heavy atom. The van der Waals surface area contributed by atoms with Crippen LogP contribution in [0.25, 0.3) is 0 Å². The Balaban J connectivity index is 2.05. The van der Waals surface area contributed by atoms with Crippen LogP contribution in [0.5, 0.6) is 5.75 Å². The molecule has 0 radical (unpaired) electrons. The molecule has 1 N–H and O–H groups in total. The SMILES string of the molecule is COc1ccc(NC(=O)COC(=O)c2cc(S(=O)(=O)N(C)C)ccc2C)cc1. The van der Waals surface area contributed by atoms with Gasteiger partial charge in [-0.2, -0.15) is 0 Å². The van der Waals surface area contributed by atoms with Crippen LogP contribution in [-0.2, 0) is 19.6 Å². The van der Waals surface area contributed by atoms with E-state index in [1.54, 1.807) is 31.2 Å². The number of anilines is 1. The number of rotatable bonds is 7. The Morgan fingerprint density at radius 3 is 2.29 bits per heavy atom. The first-order valence-electron chi connectivity index (χ1n) is 8.29. The first-order valence-corrected chi connectivity index (χ1v) is 9.73. The molecule has 0 fully saturated rings. The molecule has 0 unspecified atom stereocenters. The molecule has 2 rings (SSSR count). The molecule has 1 amide bonds. The van der Waals surface area contributed by atoms with Crippen LogP contribution in [0.1, 0.15) is 15.9 Å². The van der Waals surface area contributed by atoms with Gasteiger partial charge in [0, 0.05) is 19.8 Å². The Bertz CT molecular complexity index is 968. The molecule has 150 valence electrons. The molecule has 0 bridgehead atoms. The average Bonchev–Trinajstić information content (AvgIpc) is 2.66. The number of nitrogens with zero attached hydrogens (tertiary/aromatic N) is 1. The fourth-order valence-electron chi connectivity index (χ4n) is 2.27. The van der Waals surface area contributed by atoms with Gasteiger partial charge in [-0.15, -0.1) is 0 Å². The van der Waals surface area contributed by atoms with E-state index in [0.717, 1.165) is 4.31 Å². The summed E-state index contributed by atoms with van der Waals surface area (Å²) in [6.45, 7) is 1.15. The highest BCUT2D eigenvalue weighted by Gasteiger charge is 2.21. The number of sulfonamides is 1. The zero-order chi connectivity index (χ0) is 20.9. The van der Waals surface area contributed by atoms with Gasteiger partial charge in [0.2, 0.25) is 10.0 Å². The maximum absolute atomic E-state index is 12.3. The number of nitrogens with one attached hydrogen (secondary N) is 1. The van der Waals surface area contributed by atoms with Crippen molar-refractivity contribution in [2.24, 2.45) is 0 Å². The minimum absolute atomic E-state index is 0.0299. The number of carbonyl (C=O) groups excluding carboxylic acids is 2. The molecule has 0 heterocycles. The summed E-state index contributed by atoms with van der Waals surface area (Å²) in [5.41, 5.74) is 1.15. The Morgan fingerprint density at radius 1 is 1.07 bits per heavy atom. The van der Waals surface area contributed by atoms with Crippen molar-refractivity contribution in [2.45, 2.75) is 11.8 Å². The average molecular weight is 406 g/mol. The second-order valence-corrected chi connectivity index (χ2v) is 8.27. The van der Waals surface area contributed by atoms with Gasteiger partial charge in [0.15, 0.2) is 6.61 Å². The summed E-state index contributed by atoms with van der Waals surface area (Å²) in [5.74, 6) is -0.654. The van der Waals surface area contributed by atoms with Crippen molar-refractivity contribution >= 4 is 27.6 Å². The number of methoxy groups -OCH3 is 1. The lowest BCUT2D eigenvalue weighted by Gasteiger charge is -2.13. The number of hydrogen-bond donors (Lipinski definition) is 1. The van der Waals surface area contributed by atoms with Crippen molar-refractivity contribution < 1.29 is 27.5 Å². The molecule has 0 spiro atoms. The topological polar surface area (TPSA) is 102 Å². The molecular weight excluding hydrogens is 384 g/mol. The van der Waals surface area contributed by atoms with Gasteiger partial charge >= 0.3 is 5.97 Å². The summed E-state index contributed by atoms with van der Waals surface area (Å²) in [4.78, 5) is 24.3. The lowest BCUT2D eigenvalue weighted by atomic mass is 10.1. The van der Waals surface area contributed by atoms with Crippen LogP contribution >= 0.6 is 0 Å². The first kappa shape index (κ1) is 21.4. The predicted octanol–water partition coefficient (Wildman–Crippen LogP) is 2.05. The van der Waals surface area contributed by atoms with E-state index < -0.39 is 28.5 Å². The Labute approximate surface area is 164 Å². The van der Waals surface area contributed by atoms with Gasteiger partial charge in [-0.1, -0.05) is 6.07 Å². The fraction of sp³-hybridized carbons (Fsp3) is 0.263. The van der Waals surface area contributed by atoms with Gasteiger partial charge in [-0.3, -0.25) is 4.79 Å². The predicted molar refractivity (Wildman–Crippen MR) is 104 cm³/mol. The molecule has 2 aromatic carbocycles. The summed E-state index contributed by atoms with van der Waals surface area (Å²) in [7, 11) is 0.643. The highest BCUT2D eigenvalue weighted by atomic mass is 32.2. The summed E-state index contributed by atoms with van der Waals surface area (Å²) >= 11 is 0. The molecule has 0 saturated carbocycles. The lowest BCUT2D eigenvalue weighted by Crippen LogP contribution is -2.23. The normalized spacial score (nSPS) is 11.2. The van der Waals surface area contributed by atoms with E-state index in [9.17, 15) is 18.0 Å². The molecule has 0 saturated heterocycles. The van der Waals surface area contributed by atoms with Crippen LogP contribution in [0.4, 0.5) is 5.69 Å². The molecule has 2 aromatic rings. The maximum Gasteiger partial charge on any atom is 0.338 e. The summed E-state index contributed by atoms with van der Waals surface area (Å²) in [5, 5.41) is 2.59. The number of hydrogen-bond acceptors (Lipinski definition) is 6. The second-order valence-electron chi connectivity index (χ2n) is 6.12. The monoisotopic (exact) mass is 406 g/mol. The number of ether oxygens (including phenoxy) is 2. The lowest BCUT2D eigenvalue weighted by molar-refractivity contribution is -0.119. The number of aryl methyl sites for hydroxylation is 1. The summed E-state index contributed by atoms with van der Waals surface area (Å²) < 4.78 is 35.6. The first-order chi connectivity index (χ1) is 13.1. The standard InChI is InChI=1S/C19H22N2O6S/c1-13-5-10-16(28(24,25)21(2)3)11-17(13)19(23)27-12-18(22)20-14-6-8-15(26-4)9-7-14/h5-11H,12H2,1-4H3,(H,20,22). The van der Waals surface area contributed by atoms with Crippen molar-refractivity contribution in [3.8, 4) is 5.75 Å². The molecule has 0 aromatic heterocycles. The summed E-state index contributed by atoms with van der Waals surface area (Å²) in [6, 6.07) is 10.8. The van der Waals surface area contributed by atoms with E-state index in [1.165, 1.54) is 39.4 Å². The van der Waals surface area contributed by atoms with E-state index >= 15 is 0 Å². The Hall–Kier alpha value is -2.91. The van der Waals surface area contributed by atoms with Crippen LogP contribution in [0.3, 0.4) is 0 Å². The molecule has 0 aliphatic rings. The van der Waals surface area contributed by atoms with E-state index in [1.807, 2.05) is 0 Å². The Kier molecular flexibility index (Phi) is 6.76. The zero-order valence-corrected chi connectivity index (χ0v) is 16.9. The largest absolute Gasteiger partial charge is 0.497 e. The quantitative estimate of drug-likeness (QED) is 0.706.